The number of nitriles is 1. The second-order valence-electron chi connectivity index (χ2n) is 7.53. The molecule has 33 heavy (non-hydrogen) atoms. The van der Waals surface area contributed by atoms with E-state index in [1.165, 1.54) is 24.5 Å². The number of anilines is 1. The molecular formula is C24H26N4O4S. The molecule has 0 spiro atoms. The molecule has 0 radical (unpaired) electrons. The van der Waals surface area contributed by atoms with Crippen LogP contribution in [0.4, 0.5) is 5.69 Å². The minimum Gasteiger partial charge on any atom is -0.468 e. The number of amides is 1. The Balaban J connectivity index is 1.77. The highest BCUT2D eigenvalue weighted by Gasteiger charge is 2.17. The lowest BCUT2D eigenvalue weighted by atomic mass is 10.1. The summed E-state index contributed by atoms with van der Waals surface area (Å²) < 4.78 is 34.9. The maximum atomic E-state index is 12.7. The number of nitrogens with zero attached hydrogens (tertiary/aromatic N) is 2. The van der Waals surface area contributed by atoms with E-state index in [1.54, 1.807) is 24.3 Å². The highest BCUT2D eigenvalue weighted by atomic mass is 32.2. The van der Waals surface area contributed by atoms with Gasteiger partial charge in [0.2, 0.25) is 10.0 Å². The first-order valence-electron chi connectivity index (χ1n) is 10.5. The fourth-order valence-electron chi connectivity index (χ4n) is 3.45. The predicted molar refractivity (Wildman–Crippen MR) is 126 cm³/mol. The Morgan fingerprint density at radius 3 is 2.67 bits per heavy atom. The number of sulfonamides is 1. The van der Waals surface area contributed by atoms with Gasteiger partial charge in [-0.25, -0.2) is 13.1 Å². The molecule has 0 atom stereocenters. The number of aryl methyl sites for hydroxylation is 1. The summed E-state index contributed by atoms with van der Waals surface area (Å²) in [6.07, 6.45) is 3.98. The van der Waals surface area contributed by atoms with Crippen molar-refractivity contribution in [3.8, 4) is 6.07 Å². The van der Waals surface area contributed by atoms with Crippen LogP contribution < -0.4 is 10.0 Å². The summed E-state index contributed by atoms with van der Waals surface area (Å²) in [6.45, 7) is 6.88. The SMILES string of the molecule is CCCn1c(C)cc(/C=C(/C#N)C(=O)Nc2cccc(S(=O)(=O)NCc3ccco3)c2)c1C. The van der Waals surface area contributed by atoms with Crippen molar-refractivity contribution < 1.29 is 17.6 Å². The van der Waals surface area contributed by atoms with Crippen LogP contribution in [0.1, 0.15) is 36.1 Å². The summed E-state index contributed by atoms with van der Waals surface area (Å²) in [6, 6.07) is 13.0. The van der Waals surface area contributed by atoms with Gasteiger partial charge in [0.1, 0.15) is 17.4 Å². The molecule has 1 aromatic carbocycles. The van der Waals surface area contributed by atoms with E-state index in [1.807, 2.05) is 26.0 Å². The van der Waals surface area contributed by atoms with Gasteiger partial charge < -0.3 is 14.3 Å². The monoisotopic (exact) mass is 466 g/mol. The second-order valence-corrected chi connectivity index (χ2v) is 9.30. The number of benzene rings is 1. The Morgan fingerprint density at radius 1 is 1.21 bits per heavy atom. The summed E-state index contributed by atoms with van der Waals surface area (Å²) in [5.41, 5.74) is 3.02. The van der Waals surface area contributed by atoms with Crippen molar-refractivity contribution in [2.75, 3.05) is 5.32 Å². The number of nitrogens with one attached hydrogen (secondary N) is 2. The smallest absolute Gasteiger partial charge is 0.266 e. The molecule has 0 unspecified atom stereocenters. The molecule has 172 valence electrons. The Kier molecular flexibility index (Phi) is 7.53. The van der Waals surface area contributed by atoms with E-state index in [9.17, 15) is 18.5 Å². The Labute approximate surface area is 193 Å². The van der Waals surface area contributed by atoms with Crippen molar-refractivity contribution in [2.24, 2.45) is 0 Å². The largest absolute Gasteiger partial charge is 0.468 e. The van der Waals surface area contributed by atoms with E-state index in [4.69, 9.17) is 4.42 Å². The summed E-state index contributed by atoms with van der Waals surface area (Å²) >= 11 is 0. The Morgan fingerprint density at radius 2 is 2.00 bits per heavy atom. The van der Waals surface area contributed by atoms with Crippen molar-refractivity contribution in [2.45, 2.75) is 45.2 Å². The van der Waals surface area contributed by atoms with Gasteiger partial charge in [0, 0.05) is 23.6 Å². The lowest BCUT2D eigenvalue weighted by molar-refractivity contribution is -0.112. The standard InChI is InChI=1S/C24H26N4O4S/c1-4-10-28-17(2)12-19(18(28)3)13-20(15-25)24(29)27-21-7-5-9-23(14-21)33(30,31)26-16-22-8-6-11-32-22/h5-9,11-14,26H,4,10,16H2,1-3H3,(H,27,29)/b20-13-. The van der Waals surface area contributed by atoms with E-state index in [-0.39, 0.29) is 22.7 Å². The minimum absolute atomic E-state index is 0.00366. The summed E-state index contributed by atoms with van der Waals surface area (Å²) in [4.78, 5) is 12.7. The first-order chi connectivity index (χ1) is 15.7. The molecule has 9 heteroatoms. The average Bonchev–Trinajstić information content (AvgIpc) is 3.40. The number of carbonyl (C=O) groups excluding carboxylic acids is 1. The van der Waals surface area contributed by atoms with Crippen molar-refractivity contribution in [3.63, 3.8) is 0 Å². The molecule has 0 bridgehead atoms. The van der Waals surface area contributed by atoms with Gasteiger partial charge in [-0.3, -0.25) is 4.79 Å². The van der Waals surface area contributed by atoms with Gasteiger partial charge in [-0.15, -0.1) is 0 Å². The van der Waals surface area contributed by atoms with Gasteiger partial charge in [-0.1, -0.05) is 13.0 Å². The third kappa shape index (κ3) is 5.80. The van der Waals surface area contributed by atoms with Gasteiger partial charge >= 0.3 is 0 Å². The third-order valence-corrected chi connectivity index (χ3v) is 6.54. The van der Waals surface area contributed by atoms with Crippen LogP contribution in [-0.2, 0) is 27.9 Å². The van der Waals surface area contributed by atoms with Crippen molar-refractivity contribution in [1.29, 1.82) is 5.26 Å². The molecule has 3 rings (SSSR count). The van der Waals surface area contributed by atoms with Crippen LogP contribution in [0, 0.1) is 25.2 Å². The topological polar surface area (TPSA) is 117 Å². The minimum atomic E-state index is -3.83. The van der Waals surface area contributed by atoms with E-state index < -0.39 is 15.9 Å². The van der Waals surface area contributed by atoms with Crippen LogP contribution in [0.3, 0.4) is 0 Å². The zero-order chi connectivity index (χ0) is 24.0. The molecule has 8 nitrogen and oxygen atoms in total. The van der Waals surface area contributed by atoms with Crippen LogP contribution in [0.15, 0.2) is 63.6 Å². The molecule has 1 amide bonds. The van der Waals surface area contributed by atoms with Crippen molar-refractivity contribution >= 4 is 27.7 Å². The van der Waals surface area contributed by atoms with Crippen LogP contribution in [0.25, 0.3) is 6.08 Å². The fourth-order valence-corrected chi connectivity index (χ4v) is 4.49. The molecule has 2 heterocycles. The number of rotatable bonds is 9. The van der Waals surface area contributed by atoms with Crippen LogP contribution in [-0.4, -0.2) is 18.9 Å². The Hall–Kier alpha value is -3.61. The lowest BCUT2D eigenvalue weighted by Crippen LogP contribution is -2.23. The van der Waals surface area contributed by atoms with E-state index in [0.717, 1.165) is 29.9 Å². The lowest BCUT2D eigenvalue weighted by Gasteiger charge is -2.09. The van der Waals surface area contributed by atoms with Gasteiger partial charge in [0.05, 0.1) is 17.7 Å². The van der Waals surface area contributed by atoms with Gasteiger partial charge in [-0.2, -0.15) is 5.26 Å². The van der Waals surface area contributed by atoms with Crippen LogP contribution in [0.5, 0.6) is 0 Å². The molecule has 0 fully saturated rings. The van der Waals surface area contributed by atoms with E-state index in [0.29, 0.717) is 5.76 Å². The number of hydrogen-bond donors (Lipinski definition) is 2. The van der Waals surface area contributed by atoms with Crippen molar-refractivity contribution in [3.05, 3.63) is 77.0 Å². The molecule has 0 aliphatic carbocycles. The first-order valence-corrected chi connectivity index (χ1v) is 12.0. The summed E-state index contributed by atoms with van der Waals surface area (Å²) in [5, 5.41) is 12.2. The number of aromatic nitrogens is 1. The molecule has 3 aromatic rings. The third-order valence-electron chi connectivity index (χ3n) is 5.14. The Bertz CT molecular complexity index is 1310. The second kappa shape index (κ2) is 10.3. The number of furan rings is 1. The molecule has 0 aliphatic rings. The molecule has 0 saturated heterocycles. The van der Waals surface area contributed by atoms with E-state index in [2.05, 4.69) is 21.5 Å². The molecule has 0 aliphatic heterocycles. The quantitative estimate of drug-likeness (QED) is 0.363. The highest BCUT2D eigenvalue weighted by molar-refractivity contribution is 7.89. The molecule has 2 aromatic heterocycles. The number of hydrogen-bond acceptors (Lipinski definition) is 5. The average molecular weight is 467 g/mol. The van der Waals surface area contributed by atoms with Crippen molar-refractivity contribution in [1.82, 2.24) is 9.29 Å². The van der Waals surface area contributed by atoms with Gasteiger partial charge in [0.25, 0.3) is 5.91 Å². The highest BCUT2D eigenvalue weighted by Crippen LogP contribution is 2.20. The molecule has 0 saturated carbocycles. The summed E-state index contributed by atoms with van der Waals surface area (Å²) in [5.74, 6) is -0.138. The zero-order valence-corrected chi connectivity index (χ0v) is 19.6. The summed E-state index contributed by atoms with van der Waals surface area (Å²) in [7, 11) is -3.83. The van der Waals surface area contributed by atoms with Crippen LogP contribution in [0.2, 0.25) is 0 Å². The first kappa shape index (κ1) is 24.0. The fraction of sp³-hybridized carbons (Fsp3) is 0.250. The molecular weight excluding hydrogens is 440 g/mol. The predicted octanol–water partition coefficient (Wildman–Crippen LogP) is 4.13. The van der Waals surface area contributed by atoms with E-state index >= 15 is 0 Å². The zero-order valence-electron chi connectivity index (χ0n) is 18.8. The normalized spacial score (nSPS) is 11.9. The van der Waals surface area contributed by atoms with Crippen LogP contribution >= 0.6 is 0 Å². The van der Waals surface area contributed by atoms with Gasteiger partial charge in [0.15, 0.2) is 0 Å². The van der Waals surface area contributed by atoms with Gasteiger partial charge in [-0.05, 0) is 68.3 Å². The number of carbonyl (C=O) groups is 1. The maximum absolute atomic E-state index is 12.7. The molecule has 2 N–H and O–H groups in total. The maximum Gasteiger partial charge on any atom is 0.266 e.